The molecule has 1 aromatic heterocycles. The van der Waals surface area contributed by atoms with Gasteiger partial charge in [0.2, 0.25) is 11.0 Å². The van der Waals surface area contributed by atoms with Gasteiger partial charge in [0.15, 0.2) is 0 Å². The average molecular weight is 291 g/mol. The molecule has 0 aliphatic heterocycles. The van der Waals surface area contributed by atoms with Crippen LogP contribution >= 0.6 is 11.3 Å². The third-order valence-electron chi connectivity index (χ3n) is 3.05. The number of nitrogens with zero attached hydrogens (tertiary/aromatic N) is 2. The molecule has 1 unspecified atom stereocenters. The molecule has 2 rings (SSSR count). The molecule has 0 bridgehead atoms. The van der Waals surface area contributed by atoms with Gasteiger partial charge in [-0.2, -0.15) is 0 Å². The highest BCUT2D eigenvalue weighted by Crippen LogP contribution is 2.28. The first-order chi connectivity index (χ1) is 9.63. The number of rotatable bonds is 5. The Morgan fingerprint density at radius 3 is 2.65 bits per heavy atom. The predicted octanol–water partition coefficient (Wildman–Crippen LogP) is 3.20. The van der Waals surface area contributed by atoms with Crippen molar-refractivity contribution in [3.8, 4) is 16.3 Å². The summed E-state index contributed by atoms with van der Waals surface area (Å²) in [5.74, 6) is 0.747. The van der Waals surface area contributed by atoms with Crippen molar-refractivity contribution >= 4 is 22.4 Å². The summed E-state index contributed by atoms with van der Waals surface area (Å²) in [6.07, 6.45) is 0.802. The SMILES string of the molecule is CCC(C)C(=O)Nc1nnc(-c2ccc(OC)cc2)s1. The van der Waals surface area contributed by atoms with Crippen LogP contribution in [-0.2, 0) is 4.79 Å². The molecule has 0 aliphatic rings. The molecule has 1 N–H and O–H groups in total. The average Bonchev–Trinajstić information content (AvgIpc) is 2.94. The minimum absolute atomic E-state index is 0.0232. The van der Waals surface area contributed by atoms with Crippen LogP contribution in [0.5, 0.6) is 5.75 Å². The van der Waals surface area contributed by atoms with E-state index < -0.39 is 0 Å². The maximum Gasteiger partial charge on any atom is 0.229 e. The highest BCUT2D eigenvalue weighted by Gasteiger charge is 2.14. The molecular weight excluding hydrogens is 274 g/mol. The van der Waals surface area contributed by atoms with Crippen LogP contribution in [0.15, 0.2) is 24.3 Å². The van der Waals surface area contributed by atoms with E-state index in [1.807, 2.05) is 38.1 Å². The lowest BCUT2D eigenvalue weighted by atomic mass is 10.1. The number of methoxy groups -OCH3 is 1. The standard InChI is InChI=1S/C14H17N3O2S/c1-4-9(2)12(18)15-14-17-16-13(20-14)10-5-7-11(19-3)8-6-10/h5-9H,4H2,1-3H3,(H,15,17,18). The highest BCUT2D eigenvalue weighted by molar-refractivity contribution is 7.18. The smallest absolute Gasteiger partial charge is 0.229 e. The number of nitrogens with one attached hydrogen (secondary N) is 1. The largest absolute Gasteiger partial charge is 0.497 e. The fourth-order valence-corrected chi connectivity index (χ4v) is 2.29. The van der Waals surface area contributed by atoms with Gasteiger partial charge >= 0.3 is 0 Å². The molecular formula is C14H17N3O2S. The van der Waals surface area contributed by atoms with E-state index in [-0.39, 0.29) is 11.8 Å². The van der Waals surface area contributed by atoms with Crippen molar-refractivity contribution < 1.29 is 9.53 Å². The molecule has 5 nitrogen and oxygen atoms in total. The lowest BCUT2D eigenvalue weighted by Crippen LogP contribution is -2.19. The Morgan fingerprint density at radius 2 is 2.05 bits per heavy atom. The van der Waals surface area contributed by atoms with Gasteiger partial charge in [-0.05, 0) is 30.7 Å². The molecule has 0 saturated heterocycles. The van der Waals surface area contributed by atoms with Gasteiger partial charge in [0.05, 0.1) is 7.11 Å². The van der Waals surface area contributed by atoms with E-state index in [2.05, 4.69) is 15.5 Å². The number of hydrogen-bond donors (Lipinski definition) is 1. The monoisotopic (exact) mass is 291 g/mol. The summed E-state index contributed by atoms with van der Waals surface area (Å²) in [6, 6.07) is 7.57. The topological polar surface area (TPSA) is 64.1 Å². The molecule has 1 atom stereocenters. The number of carbonyl (C=O) groups excluding carboxylic acids is 1. The minimum atomic E-state index is -0.0247. The third-order valence-corrected chi connectivity index (χ3v) is 3.94. The van der Waals surface area contributed by atoms with Crippen molar-refractivity contribution in [2.24, 2.45) is 5.92 Å². The third kappa shape index (κ3) is 3.33. The number of hydrogen-bond acceptors (Lipinski definition) is 5. The summed E-state index contributed by atoms with van der Waals surface area (Å²) in [5, 5.41) is 12.2. The van der Waals surface area contributed by atoms with Gasteiger partial charge in [0.25, 0.3) is 0 Å². The molecule has 1 heterocycles. The Labute approximate surface area is 122 Å². The Morgan fingerprint density at radius 1 is 1.35 bits per heavy atom. The zero-order valence-electron chi connectivity index (χ0n) is 11.7. The fourth-order valence-electron chi connectivity index (χ4n) is 1.54. The second-order valence-corrected chi connectivity index (χ2v) is 5.42. The van der Waals surface area contributed by atoms with Crippen LogP contribution in [0, 0.1) is 5.92 Å². The van der Waals surface area contributed by atoms with E-state index >= 15 is 0 Å². The van der Waals surface area contributed by atoms with Crippen molar-refractivity contribution in [1.29, 1.82) is 0 Å². The molecule has 2 aromatic rings. The van der Waals surface area contributed by atoms with Crippen LogP contribution < -0.4 is 10.1 Å². The van der Waals surface area contributed by atoms with E-state index in [0.717, 1.165) is 22.7 Å². The second kappa shape index (κ2) is 6.47. The van der Waals surface area contributed by atoms with Crippen molar-refractivity contribution in [2.45, 2.75) is 20.3 Å². The van der Waals surface area contributed by atoms with Gasteiger partial charge in [-0.3, -0.25) is 4.79 Å². The molecule has 0 radical (unpaired) electrons. The zero-order valence-corrected chi connectivity index (χ0v) is 12.5. The zero-order chi connectivity index (χ0) is 14.5. The molecule has 20 heavy (non-hydrogen) atoms. The van der Waals surface area contributed by atoms with Crippen LogP contribution in [0.25, 0.3) is 10.6 Å². The highest BCUT2D eigenvalue weighted by atomic mass is 32.1. The maximum atomic E-state index is 11.8. The van der Waals surface area contributed by atoms with Crippen LogP contribution in [0.1, 0.15) is 20.3 Å². The van der Waals surface area contributed by atoms with Crippen LogP contribution in [0.4, 0.5) is 5.13 Å². The molecule has 0 saturated carbocycles. The van der Waals surface area contributed by atoms with Crippen molar-refractivity contribution in [3.05, 3.63) is 24.3 Å². The first-order valence-corrected chi connectivity index (χ1v) is 7.24. The summed E-state index contributed by atoms with van der Waals surface area (Å²) >= 11 is 1.36. The Kier molecular flexibility index (Phi) is 4.68. The number of anilines is 1. The van der Waals surface area contributed by atoms with Crippen LogP contribution in [0.2, 0.25) is 0 Å². The number of ether oxygens (including phenoxy) is 1. The molecule has 1 aromatic carbocycles. The summed E-state index contributed by atoms with van der Waals surface area (Å²) in [7, 11) is 1.63. The molecule has 0 fully saturated rings. The normalized spacial score (nSPS) is 11.9. The molecule has 0 spiro atoms. The predicted molar refractivity (Wildman–Crippen MR) is 80.0 cm³/mol. The molecule has 106 valence electrons. The number of amides is 1. The van der Waals surface area contributed by atoms with Crippen molar-refractivity contribution in [1.82, 2.24) is 10.2 Å². The lowest BCUT2D eigenvalue weighted by molar-refractivity contribution is -0.119. The van der Waals surface area contributed by atoms with Gasteiger partial charge in [-0.15, -0.1) is 10.2 Å². The van der Waals surface area contributed by atoms with Gasteiger partial charge in [0.1, 0.15) is 10.8 Å². The number of carbonyl (C=O) groups is 1. The maximum absolute atomic E-state index is 11.8. The summed E-state index contributed by atoms with van der Waals surface area (Å²) in [5.41, 5.74) is 0.951. The quantitative estimate of drug-likeness (QED) is 0.918. The number of benzene rings is 1. The van der Waals surface area contributed by atoms with E-state index in [1.165, 1.54) is 11.3 Å². The molecule has 6 heteroatoms. The summed E-state index contributed by atoms with van der Waals surface area (Å²) < 4.78 is 5.11. The summed E-state index contributed by atoms with van der Waals surface area (Å²) in [4.78, 5) is 11.8. The van der Waals surface area contributed by atoms with E-state index in [9.17, 15) is 4.79 Å². The van der Waals surface area contributed by atoms with Gasteiger partial charge < -0.3 is 10.1 Å². The van der Waals surface area contributed by atoms with Crippen molar-refractivity contribution in [2.75, 3.05) is 12.4 Å². The second-order valence-electron chi connectivity index (χ2n) is 4.44. The molecule has 0 aliphatic carbocycles. The Bertz CT molecular complexity index is 580. The van der Waals surface area contributed by atoms with E-state index in [0.29, 0.717) is 5.13 Å². The van der Waals surface area contributed by atoms with Crippen LogP contribution in [-0.4, -0.2) is 23.2 Å². The van der Waals surface area contributed by atoms with Crippen LogP contribution in [0.3, 0.4) is 0 Å². The summed E-state index contributed by atoms with van der Waals surface area (Å²) in [6.45, 7) is 3.87. The fraction of sp³-hybridized carbons (Fsp3) is 0.357. The first kappa shape index (κ1) is 14.5. The first-order valence-electron chi connectivity index (χ1n) is 6.42. The van der Waals surface area contributed by atoms with E-state index in [4.69, 9.17) is 4.74 Å². The van der Waals surface area contributed by atoms with Crippen molar-refractivity contribution in [3.63, 3.8) is 0 Å². The lowest BCUT2D eigenvalue weighted by Gasteiger charge is -2.06. The Balaban J connectivity index is 2.10. The van der Waals surface area contributed by atoms with Gasteiger partial charge in [0, 0.05) is 11.5 Å². The minimum Gasteiger partial charge on any atom is -0.497 e. The molecule has 1 amide bonds. The number of aromatic nitrogens is 2. The van der Waals surface area contributed by atoms with Gasteiger partial charge in [-0.25, -0.2) is 0 Å². The van der Waals surface area contributed by atoms with Gasteiger partial charge in [-0.1, -0.05) is 25.2 Å². The van der Waals surface area contributed by atoms with E-state index in [1.54, 1.807) is 7.11 Å². The Hall–Kier alpha value is -1.95.